The fraction of sp³-hybridized carbons (Fsp3) is 0.400. The Balaban J connectivity index is 2.08. The molecule has 100 valence electrons. The number of pyridine rings is 1. The molecular formula is C15H17BrN2O. The molecule has 0 amide bonds. The molecule has 1 aliphatic heterocycles. The molecule has 2 heterocycles. The van der Waals surface area contributed by atoms with Crippen LogP contribution in [-0.2, 0) is 13.5 Å². The Morgan fingerprint density at radius 1 is 1.42 bits per heavy atom. The molecule has 0 aliphatic carbocycles. The molecule has 3 rings (SSSR count). The van der Waals surface area contributed by atoms with Crippen LogP contribution in [0.2, 0.25) is 0 Å². The lowest BCUT2D eigenvalue weighted by atomic mass is 9.98. The summed E-state index contributed by atoms with van der Waals surface area (Å²) in [6.07, 6.45) is 2.04. The van der Waals surface area contributed by atoms with Gasteiger partial charge in [0.05, 0.1) is 5.52 Å². The van der Waals surface area contributed by atoms with E-state index in [2.05, 4.69) is 33.4 Å². The van der Waals surface area contributed by atoms with Crippen LogP contribution in [0.4, 0.5) is 0 Å². The van der Waals surface area contributed by atoms with Crippen LogP contribution >= 0.6 is 15.9 Å². The lowest BCUT2D eigenvalue weighted by molar-refractivity contribution is 0.575. The average molecular weight is 321 g/mol. The highest BCUT2D eigenvalue weighted by atomic mass is 79.9. The third-order valence-corrected chi connectivity index (χ3v) is 4.42. The number of hydrogen-bond donors (Lipinski definition) is 1. The number of benzene rings is 1. The van der Waals surface area contributed by atoms with Gasteiger partial charge >= 0.3 is 0 Å². The van der Waals surface area contributed by atoms with Gasteiger partial charge in [-0.15, -0.1) is 0 Å². The zero-order chi connectivity index (χ0) is 13.4. The first kappa shape index (κ1) is 12.9. The Hall–Kier alpha value is -1.13. The third-order valence-electron chi connectivity index (χ3n) is 3.93. The maximum Gasteiger partial charge on any atom is 0.253 e. The first-order valence-electron chi connectivity index (χ1n) is 6.64. The zero-order valence-electron chi connectivity index (χ0n) is 10.9. The highest BCUT2D eigenvalue weighted by molar-refractivity contribution is 9.10. The van der Waals surface area contributed by atoms with Crippen molar-refractivity contribution < 1.29 is 0 Å². The molecule has 2 aromatic rings. The molecule has 1 N–H and O–H groups in total. The largest absolute Gasteiger partial charge is 0.316 e. The quantitative estimate of drug-likeness (QED) is 0.922. The van der Waals surface area contributed by atoms with E-state index in [-0.39, 0.29) is 5.56 Å². The molecule has 1 aromatic heterocycles. The van der Waals surface area contributed by atoms with Gasteiger partial charge in [0.15, 0.2) is 0 Å². The summed E-state index contributed by atoms with van der Waals surface area (Å²) in [6.45, 7) is 2.10. The number of aryl methyl sites for hydroxylation is 1. The van der Waals surface area contributed by atoms with Gasteiger partial charge in [0.2, 0.25) is 0 Å². The van der Waals surface area contributed by atoms with Gasteiger partial charge in [0, 0.05) is 17.1 Å². The van der Waals surface area contributed by atoms with Gasteiger partial charge in [0.1, 0.15) is 0 Å². The van der Waals surface area contributed by atoms with E-state index in [1.807, 2.05) is 19.2 Å². The van der Waals surface area contributed by atoms with Crippen LogP contribution in [0.25, 0.3) is 10.9 Å². The maximum absolute atomic E-state index is 12.4. The van der Waals surface area contributed by atoms with Crippen molar-refractivity contribution in [2.75, 3.05) is 13.1 Å². The molecule has 4 heteroatoms. The van der Waals surface area contributed by atoms with Crippen molar-refractivity contribution in [3.63, 3.8) is 0 Å². The first-order chi connectivity index (χ1) is 9.15. The topological polar surface area (TPSA) is 34.0 Å². The average Bonchev–Trinajstić information content (AvgIpc) is 2.88. The molecule has 1 unspecified atom stereocenters. The van der Waals surface area contributed by atoms with Gasteiger partial charge < -0.3 is 9.88 Å². The van der Waals surface area contributed by atoms with Gasteiger partial charge in [-0.2, -0.15) is 0 Å². The van der Waals surface area contributed by atoms with E-state index in [0.29, 0.717) is 5.92 Å². The van der Waals surface area contributed by atoms with E-state index >= 15 is 0 Å². The van der Waals surface area contributed by atoms with E-state index in [1.54, 1.807) is 4.57 Å². The Morgan fingerprint density at radius 3 is 3.00 bits per heavy atom. The minimum Gasteiger partial charge on any atom is -0.316 e. The van der Waals surface area contributed by atoms with Crippen LogP contribution in [0, 0.1) is 5.92 Å². The number of hydrogen-bond acceptors (Lipinski definition) is 2. The van der Waals surface area contributed by atoms with Crippen LogP contribution in [-0.4, -0.2) is 17.7 Å². The lowest BCUT2D eigenvalue weighted by Crippen LogP contribution is -2.23. The van der Waals surface area contributed by atoms with Gasteiger partial charge in [-0.05, 0) is 61.5 Å². The number of halogens is 1. The highest BCUT2D eigenvalue weighted by Gasteiger charge is 2.17. The Bertz CT molecular complexity index is 672. The summed E-state index contributed by atoms with van der Waals surface area (Å²) in [5.41, 5.74) is 2.06. The SMILES string of the molecule is Cn1c(=O)c(CC2CCNC2)cc2cc(Br)ccc21. The lowest BCUT2D eigenvalue weighted by Gasteiger charge is -2.12. The predicted molar refractivity (Wildman–Crippen MR) is 81.6 cm³/mol. The monoisotopic (exact) mass is 320 g/mol. The van der Waals surface area contributed by atoms with Crippen LogP contribution in [0.15, 0.2) is 33.5 Å². The Labute approximate surface area is 120 Å². The second-order valence-corrected chi connectivity index (χ2v) is 6.22. The first-order valence-corrected chi connectivity index (χ1v) is 7.43. The molecule has 1 atom stereocenters. The Kier molecular flexibility index (Phi) is 3.46. The summed E-state index contributed by atoms with van der Waals surface area (Å²) in [5, 5.41) is 4.48. The van der Waals surface area contributed by atoms with Crippen LogP contribution in [0.1, 0.15) is 12.0 Å². The smallest absolute Gasteiger partial charge is 0.253 e. The molecule has 0 spiro atoms. The number of rotatable bonds is 2. The minimum atomic E-state index is 0.140. The predicted octanol–water partition coefficient (Wildman–Crippen LogP) is 2.45. The van der Waals surface area contributed by atoms with Crippen LogP contribution < -0.4 is 10.9 Å². The van der Waals surface area contributed by atoms with E-state index in [0.717, 1.165) is 40.4 Å². The molecule has 1 saturated heterocycles. The van der Waals surface area contributed by atoms with E-state index in [4.69, 9.17) is 0 Å². The van der Waals surface area contributed by atoms with E-state index < -0.39 is 0 Å². The van der Waals surface area contributed by atoms with Crippen molar-refractivity contribution in [2.45, 2.75) is 12.8 Å². The molecule has 1 aliphatic rings. The van der Waals surface area contributed by atoms with Gasteiger partial charge in [-0.25, -0.2) is 0 Å². The van der Waals surface area contributed by atoms with Crippen molar-refractivity contribution in [3.05, 3.63) is 44.7 Å². The van der Waals surface area contributed by atoms with E-state index in [1.165, 1.54) is 6.42 Å². The standard InChI is InChI=1S/C15H17BrN2O/c1-18-14-3-2-13(16)8-11(14)7-12(15(18)19)6-10-4-5-17-9-10/h2-3,7-8,10,17H,4-6,9H2,1H3. The van der Waals surface area contributed by atoms with Crippen molar-refractivity contribution in [3.8, 4) is 0 Å². The third kappa shape index (κ3) is 2.47. The zero-order valence-corrected chi connectivity index (χ0v) is 12.5. The number of aromatic nitrogens is 1. The van der Waals surface area contributed by atoms with Gasteiger partial charge in [-0.3, -0.25) is 4.79 Å². The van der Waals surface area contributed by atoms with Gasteiger partial charge in [-0.1, -0.05) is 15.9 Å². The fourth-order valence-electron chi connectivity index (χ4n) is 2.87. The van der Waals surface area contributed by atoms with Gasteiger partial charge in [0.25, 0.3) is 5.56 Å². The highest BCUT2D eigenvalue weighted by Crippen LogP contribution is 2.21. The summed E-state index contributed by atoms with van der Waals surface area (Å²) in [5.74, 6) is 0.595. The number of fused-ring (bicyclic) bond motifs is 1. The molecule has 1 fully saturated rings. The second-order valence-electron chi connectivity index (χ2n) is 5.30. The summed E-state index contributed by atoms with van der Waals surface area (Å²) in [4.78, 5) is 12.4. The summed E-state index contributed by atoms with van der Waals surface area (Å²) in [7, 11) is 1.86. The maximum atomic E-state index is 12.4. The molecule has 3 nitrogen and oxygen atoms in total. The number of nitrogens with zero attached hydrogens (tertiary/aromatic N) is 1. The van der Waals surface area contributed by atoms with Crippen LogP contribution in [0.5, 0.6) is 0 Å². The molecule has 19 heavy (non-hydrogen) atoms. The van der Waals surface area contributed by atoms with Crippen molar-refractivity contribution in [2.24, 2.45) is 13.0 Å². The molecular weight excluding hydrogens is 304 g/mol. The molecule has 0 bridgehead atoms. The van der Waals surface area contributed by atoms with Crippen molar-refractivity contribution in [1.82, 2.24) is 9.88 Å². The summed E-state index contributed by atoms with van der Waals surface area (Å²) >= 11 is 3.49. The molecule has 0 saturated carbocycles. The van der Waals surface area contributed by atoms with Crippen LogP contribution in [0.3, 0.4) is 0 Å². The Morgan fingerprint density at radius 2 is 2.26 bits per heavy atom. The normalized spacial score (nSPS) is 19.2. The van der Waals surface area contributed by atoms with E-state index in [9.17, 15) is 4.79 Å². The number of nitrogens with one attached hydrogen (secondary N) is 1. The minimum absolute atomic E-state index is 0.140. The second kappa shape index (κ2) is 5.10. The van der Waals surface area contributed by atoms with Crippen molar-refractivity contribution >= 4 is 26.8 Å². The summed E-state index contributed by atoms with van der Waals surface area (Å²) in [6, 6.07) is 8.09. The fourth-order valence-corrected chi connectivity index (χ4v) is 3.25. The molecule has 1 aromatic carbocycles. The van der Waals surface area contributed by atoms with Crippen molar-refractivity contribution in [1.29, 1.82) is 0 Å². The molecule has 0 radical (unpaired) electrons. The summed E-state index contributed by atoms with van der Waals surface area (Å²) < 4.78 is 2.81.